The predicted molar refractivity (Wildman–Crippen MR) is 50.4 cm³/mol. The highest BCUT2D eigenvalue weighted by molar-refractivity contribution is 7.79. The van der Waals surface area contributed by atoms with E-state index in [9.17, 15) is 5.11 Å². The Hall–Kier alpha value is -0.780. The van der Waals surface area contributed by atoms with Crippen LogP contribution in [0.5, 0.6) is 5.75 Å². The molecule has 0 saturated heterocycles. The molecule has 0 radical (unpaired) electrons. The highest BCUT2D eigenvalue weighted by atomic mass is 32.1. The second-order valence-corrected chi connectivity index (χ2v) is 2.85. The SMILES string of the molecule is OCc1cnc(CS)c(O)c1CO. The summed E-state index contributed by atoms with van der Waals surface area (Å²) in [5.74, 6) is 0.217. The first-order valence-corrected chi connectivity index (χ1v) is 4.39. The van der Waals surface area contributed by atoms with E-state index in [1.807, 2.05) is 0 Å². The molecule has 0 spiro atoms. The summed E-state index contributed by atoms with van der Waals surface area (Å²) in [5, 5.41) is 27.3. The van der Waals surface area contributed by atoms with Gasteiger partial charge in [0.05, 0.1) is 18.9 Å². The van der Waals surface area contributed by atoms with Crippen LogP contribution in [0, 0.1) is 0 Å². The first-order chi connectivity index (χ1) is 6.24. The molecule has 0 aliphatic rings. The van der Waals surface area contributed by atoms with Crippen molar-refractivity contribution in [3.05, 3.63) is 23.0 Å². The van der Waals surface area contributed by atoms with Crippen molar-refractivity contribution in [3.8, 4) is 5.75 Å². The van der Waals surface area contributed by atoms with E-state index in [2.05, 4.69) is 17.6 Å². The van der Waals surface area contributed by atoms with E-state index in [0.29, 0.717) is 22.6 Å². The van der Waals surface area contributed by atoms with E-state index in [1.54, 1.807) is 0 Å². The van der Waals surface area contributed by atoms with Crippen molar-refractivity contribution in [1.29, 1.82) is 0 Å². The minimum Gasteiger partial charge on any atom is -0.506 e. The molecule has 72 valence electrons. The van der Waals surface area contributed by atoms with Crippen molar-refractivity contribution >= 4 is 12.6 Å². The van der Waals surface area contributed by atoms with Gasteiger partial charge in [0.1, 0.15) is 5.75 Å². The molecule has 13 heavy (non-hydrogen) atoms. The Morgan fingerprint density at radius 2 is 2.00 bits per heavy atom. The number of pyridine rings is 1. The van der Waals surface area contributed by atoms with Crippen molar-refractivity contribution in [2.45, 2.75) is 19.0 Å². The fourth-order valence-electron chi connectivity index (χ4n) is 1.05. The molecule has 0 atom stereocenters. The number of aromatic hydroxyl groups is 1. The summed E-state index contributed by atoms with van der Waals surface area (Å²) in [6.07, 6.45) is 1.43. The van der Waals surface area contributed by atoms with Crippen LogP contribution in [0.15, 0.2) is 6.20 Å². The van der Waals surface area contributed by atoms with Gasteiger partial charge in [-0.3, -0.25) is 4.98 Å². The zero-order valence-corrected chi connectivity index (χ0v) is 7.83. The Labute approximate surface area is 81.3 Å². The molecule has 0 bridgehead atoms. The number of aliphatic hydroxyl groups is 2. The third-order valence-corrected chi connectivity index (χ3v) is 2.10. The molecule has 5 heteroatoms. The fraction of sp³-hybridized carbons (Fsp3) is 0.375. The van der Waals surface area contributed by atoms with Gasteiger partial charge in [-0.1, -0.05) is 0 Å². The number of nitrogens with zero attached hydrogens (tertiary/aromatic N) is 1. The fourth-order valence-corrected chi connectivity index (χ4v) is 1.28. The number of hydrogen-bond acceptors (Lipinski definition) is 5. The number of aromatic nitrogens is 1. The van der Waals surface area contributed by atoms with Crippen LogP contribution in [0.4, 0.5) is 0 Å². The van der Waals surface area contributed by atoms with Crippen molar-refractivity contribution in [2.75, 3.05) is 0 Å². The lowest BCUT2D eigenvalue weighted by molar-refractivity contribution is 0.254. The molecule has 0 aromatic carbocycles. The summed E-state index contributed by atoms with van der Waals surface area (Å²) in [6, 6.07) is 0. The quantitative estimate of drug-likeness (QED) is 0.527. The van der Waals surface area contributed by atoms with E-state index >= 15 is 0 Å². The van der Waals surface area contributed by atoms with Gasteiger partial charge >= 0.3 is 0 Å². The maximum absolute atomic E-state index is 9.52. The summed E-state index contributed by atoms with van der Waals surface area (Å²) < 4.78 is 0. The Morgan fingerprint density at radius 3 is 2.46 bits per heavy atom. The maximum Gasteiger partial charge on any atom is 0.143 e. The monoisotopic (exact) mass is 201 g/mol. The predicted octanol–water partition coefficient (Wildman–Crippen LogP) is 0.202. The van der Waals surface area contributed by atoms with E-state index in [-0.39, 0.29) is 19.0 Å². The van der Waals surface area contributed by atoms with Gasteiger partial charge in [0.25, 0.3) is 0 Å². The second kappa shape index (κ2) is 4.45. The van der Waals surface area contributed by atoms with Crippen LogP contribution in [-0.4, -0.2) is 20.3 Å². The number of thiol groups is 1. The van der Waals surface area contributed by atoms with E-state index < -0.39 is 0 Å². The molecule has 1 heterocycles. The number of hydrogen-bond donors (Lipinski definition) is 4. The Kier molecular flexibility index (Phi) is 3.53. The average molecular weight is 201 g/mol. The minimum absolute atomic E-state index is 0.0796. The van der Waals surface area contributed by atoms with Crippen LogP contribution >= 0.6 is 12.6 Å². The standard InChI is InChI=1S/C8H11NO3S/c10-2-5-1-9-7(4-13)8(12)6(5)3-11/h1,10-13H,2-4H2. The smallest absolute Gasteiger partial charge is 0.143 e. The van der Waals surface area contributed by atoms with Gasteiger partial charge < -0.3 is 15.3 Å². The van der Waals surface area contributed by atoms with E-state index in [0.717, 1.165) is 0 Å². The summed E-state index contributed by atoms with van der Waals surface area (Å²) in [4.78, 5) is 3.88. The van der Waals surface area contributed by atoms with Crippen molar-refractivity contribution in [1.82, 2.24) is 4.98 Å². The molecule has 4 nitrogen and oxygen atoms in total. The summed E-state index contributed by atoms with van der Waals surface area (Å²) in [6.45, 7) is -0.561. The summed E-state index contributed by atoms with van der Waals surface area (Å²) >= 11 is 3.96. The van der Waals surface area contributed by atoms with Gasteiger partial charge in [0, 0.05) is 23.1 Å². The lowest BCUT2D eigenvalue weighted by Crippen LogP contribution is -1.99. The molecule has 0 unspecified atom stereocenters. The minimum atomic E-state index is -0.314. The zero-order chi connectivity index (χ0) is 9.84. The van der Waals surface area contributed by atoms with Crippen molar-refractivity contribution < 1.29 is 15.3 Å². The Morgan fingerprint density at radius 1 is 1.31 bits per heavy atom. The molecular weight excluding hydrogens is 190 g/mol. The molecule has 1 aromatic rings. The van der Waals surface area contributed by atoms with E-state index in [4.69, 9.17) is 10.2 Å². The summed E-state index contributed by atoms with van der Waals surface area (Å²) in [5.41, 5.74) is 1.16. The van der Waals surface area contributed by atoms with Crippen LogP contribution in [0.2, 0.25) is 0 Å². The lowest BCUT2D eigenvalue weighted by Gasteiger charge is -2.09. The van der Waals surface area contributed by atoms with Gasteiger partial charge in [0.2, 0.25) is 0 Å². The molecule has 0 aliphatic heterocycles. The van der Waals surface area contributed by atoms with Crippen LogP contribution < -0.4 is 0 Å². The highest BCUT2D eigenvalue weighted by Gasteiger charge is 2.11. The Balaban J connectivity index is 3.23. The molecular formula is C8H11NO3S. The summed E-state index contributed by atoms with van der Waals surface area (Å²) in [7, 11) is 0. The highest BCUT2D eigenvalue weighted by Crippen LogP contribution is 2.25. The van der Waals surface area contributed by atoms with Crippen LogP contribution in [-0.2, 0) is 19.0 Å². The maximum atomic E-state index is 9.52. The van der Waals surface area contributed by atoms with E-state index in [1.165, 1.54) is 6.20 Å². The van der Waals surface area contributed by atoms with Crippen molar-refractivity contribution in [2.24, 2.45) is 0 Å². The molecule has 0 amide bonds. The number of aliphatic hydroxyl groups excluding tert-OH is 2. The van der Waals surface area contributed by atoms with Gasteiger partial charge in [-0.2, -0.15) is 12.6 Å². The third kappa shape index (κ3) is 1.93. The van der Waals surface area contributed by atoms with Gasteiger partial charge in [-0.05, 0) is 0 Å². The lowest BCUT2D eigenvalue weighted by atomic mass is 10.1. The topological polar surface area (TPSA) is 73.6 Å². The Bertz CT molecular complexity index is 304. The van der Waals surface area contributed by atoms with Crippen LogP contribution in [0.25, 0.3) is 0 Å². The average Bonchev–Trinajstić information content (AvgIpc) is 2.17. The third-order valence-electron chi connectivity index (χ3n) is 1.80. The van der Waals surface area contributed by atoms with Gasteiger partial charge in [0.15, 0.2) is 0 Å². The van der Waals surface area contributed by atoms with Crippen LogP contribution in [0.1, 0.15) is 16.8 Å². The second-order valence-electron chi connectivity index (χ2n) is 2.53. The number of rotatable bonds is 3. The molecule has 0 fully saturated rings. The first kappa shape index (κ1) is 10.3. The molecule has 3 N–H and O–H groups in total. The van der Waals surface area contributed by atoms with Crippen molar-refractivity contribution in [3.63, 3.8) is 0 Å². The van der Waals surface area contributed by atoms with Crippen LogP contribution in [0.3, 0.4) is 0 Å². The first-order valence-electron chi connectivity index (χ1n) is 3.75. The van der Waals surface area contributed by atoms with Gasteiger partial charge in [-0.25, -0.2) is 0 Å². The molecule has 1 aromatic heterocycles. The molecule has 0 saturated carbocycles. The molecule has 0 aliphatic carbocycles. The molecule has 1 rings (SSSR count). The zero-order valence-electron chi connectivity index (χ0n) is 6.93. The van der Waals surface area contributed by atoms with Gasteiger partial charge in [-0.15, -0.1) is 0 Å². The normalized spacial score (nSPS) is 10.4. The largest absolute Gasteiger partial charge is 0.506 e.